The van der Waals surface area contributed by atoms with Crippen molar-refractivity contribution in [2.45, 2.75) is 6.42 Å². The molecule has 1 N–H and O–H groups in total. The van der Waals surface area contributed by atoms with Crippen LogP contribution in [0, 0.1) is 0 Å². The predicted molar refractivity (Wildman–Crippen MR) is 120 cm³/mol. The summed E-state index contributed by atoms with van der Waals surface area (Å²) in [6.45, 7) is 0.110. The largest absolute Gasteiger partial charge is 0.497 e. The minimum absolute atomic E-state index is 0.0538. The number of carbonyl (C=O) groups is 2. The third-order valence-corrected chi connectivity index (χ3v) is 5.50. The number of benzene rings is 3. The Kier molecular flexibility index (Phi) is 5.43. The number of aromatic nitrogens is 2. The summed E-state index contributed by atoms with van der Waals surface area (Å²) in [7, 11) is 1.53. The lowest BCUT2D eigenvalue weighted by Crippen LogP contribution is -2.14. The van der Waals surface area contributed by atoms with Crippen molar-refractivity contribution in [2.24, 2.45) is 0 Å². The highest BCUT2D eigenvalue weighted by molar-refractivity contribution is 6.26. The second kappa shape index (κ2) is 8.70. The SMILES string of the molecule is COc1ccc(C(=O)C(Cc2ccc3c(c2)OCO3)=C(C(=O)O)c2ccc3nonc3c2)cc1. The van der Waals surface area contributed by atoms with Crippen molar-refractivity contribution in [3.8, 4) is 17.2 Å². The van der Waals surface area contributed by atoms with Crippen molar-refractivity contribution in [2.75, 3.05) is 13.9 Å². The van der Waals surface area contributed by atoms with Crippen LogP contribution in [-0.2, 0) is 11.2 Å². The molecule has 0 atom stereocenters. The maximum absolute atomic E-state index is 13.7. The third-order valence-electron chi connectivity index (χ3n) is 5.50. The molecule has 2 heterocycles. The average Bonchev–Trinajstić information content (AvgIpc) is 3.51. The molecule has 0 aliphatic carbocycles. The van der Waals surface area contributed by atoms with Gasteiger partial charge in [0, 0.05) is 17.6 Å². The van der Waals surface area contributed by atoms with Gasteiger partial charge in [-0.05, 0) is 70.0 Å². The molecule has 1 aromatic heterocycles. The van der Waals surface area contributed by atoms with Gasteiger partial charge in [0.15, 0.2) is 17.3 Å². The average molecular weight is 458 g/mol. The van der Waals surface area contributed by atoms with E-state index in [0.717, 1.165) is 0 Å². The van der Waals surface area contributed by atoms with Crippen LogP contribution < -0.4 is 14.2 Å². The second-order valence-electron chi connectivity index (χ2n) is 7.55. The fourth-order valence-electron chi connectivity index (χ4n) is 3.82. The molecule has 1 aliphatic rings. The zero-order valence-corrected chi connectivity index (χ0v) is 18.0. The number of carbonyl (C=O) groups excluding carboxylic acids is 1. The van der Waals surface area contributed by atoms with Crippen LogP contribution in [0.2, 0.25) is 0 Å². The molecule has 5 rings (SSSR count). The molecule has 4 aromatic rings. The lowest BCUT2D eigenvalue weighted by molar-refractivity contribution is -0.130. The number of carboxylic acids is 1. The maximum atomic E-state index is 13.7. The molecule has 0 spiro atoms. The number of rotatable bonds is 7. The molecular formula is C25H18N2O7. The number of hydrogen-bond acceptors (Lipinski definition) is 8. The van der Waals surface area contributed by atoms with E-state index in [-0.39, 0.29) is 24.4 Å². The van der Waals surface area contributed by atoms with Crippen LogP contribution in [0.5, 0.6) is 17.2 Å². The molecule has 1 aliphatic heterocycles. The molecule has 0 unspecified atom stereocenters. The first-order valence-corrected chi connectivity index (χ1v) is 10.3. The molecule has 0 saturated heterocycles. The van der Waals surface area contributed by atoms with Crippen LogP contribution in [-0.4, -0.2) is 41.1 Å². The molecule has 9 heteroatoms. The summed E-state index contributed by atoms with van der Waals surface area (Å²) in [4.78, 5) is 26.1. The first-order chi connectivity index (χ1) is 16.5. The van der Waals surface area contributed by atoms with E-state index >= 15 is 0 Å². The van der Waals surface area contributed by atoms with Gasteiger partial charge in [-0.25, -0.2) is 9.42 Å². The van der Waals surface area contributed by atoms with Crippen LogP contribution in [0.3, 0.4) is 0 Å². The molecule has 0 amide bonds. The Hall–Kier alpha value is -4.66. The highest BCUT2D eigenvalue weighted by Crippen LogP contribution is 2.34. The maximum Gasteiger partial charge on any atom is 0.336 e. The van der Waals surface area contributed by atoms with Gasteiger partial charge < -0.3 is 19.3 Å². The van der Waals surface area contributed by atoms with Gasteiger partial charge in [0.05, 0.1) is 12.7 Å². The summed E-state index contributed by atoms with van der Waals surface area (Å²) in [6, 6.07) is 16.5. The Bertz CT molecular complexity index is 1440. The standard InChI is InChI=1S/C25H18N2O7/c1-31-17-6-3-15(4-7-17)24(28)18(10-14-2-9-21-22(11-14)33-13-32-21)23(25(29)30)16-5-8-19-20(12-16)27-34-26-19/h2-9,11-12H,10,13H2,1H3,(H,29,30). The van der Waals surface area contributed by atoms with Crippen LogP contribution in [0.15, 0.2) is 70.9 Å². The third kappa shape index (κ3) is 3.95. The Morgan fingerprint density at radius 2 is 1.65 bits per heavy atom. The van der Waals surface area contributed by atoms with E-state index in [9.17, 15) is 14.7 Å². The van der Waals surface area contributed by atoms with Crippen molar-refractivity contribution < 1.29 is 33.5 Å². The summed E-state index contributed by atoms with van der Waals surface area (Å²) in [5, 5.41) is 17.7. The Labute approximate surface area is 193 Å². The van der Waals surface area contributed by atoms with E-state index in [4.69, 9.17) is 18.8 Å². The number of ether oxygens (including phenoxy) is 3. The highest BCUT2D eigenvalue weighted by atomic mass is 16.7. The van der Waals surface area contributed by atoms with Gasteiger partial charge >= 0.3 is 5.97 Å². The van der Waals surface area contributed by atoms with Crippen molar-refractivity contribution in [3.05, 3.63) is 82.9 Å². The van der Waals surface area contributed by atoms with Crippen LogP contribution in [0.4, 0.5) is 0 Å². The number of allylic oxidation sites excluding steroid dienone is 1. The van der Waals surface area contributed by atoms with Gasteiger partial charge in [-0.15, -0.1) is 0 Å². The molecule has 170 valence electrons. The van der Waals surface area contributed by atoms with Crippen LogP contribution in [0.25, 0.3) is 16.6 Å². The number of aliphatic carboxylic acids is 1. The number of methoxy groups -OCH3 is 1. The molecule has 3 aromatic carbocycles. The predicted octanol–water partition coefficient (Wildman–Crippen LogP) is 3.92. The van der Waals surface area contributed by atoms with Crippen LogP contribution in [0.1, 0.15) is 21.5 Å². The van der Waals surface area contributed by atoms with E-state index in [2.05, 4.69) is 10.3 Å². The first-order valence-electron chi connectivity index (χ1n) is 10.3. The van der Waals surface area contributed by atoms with E-state index in [1.807, 2.05) is 0 Å². The van der Waals surface area contributed by atoms with E-state index in [0.29, 0.717) is 45.0 Å². The van der Waals surface area contributed by atoms with E-state index in [1.54, 1.807) is 54.6 Å². The Morgan fingerprint density at radius 1 is 0.912 bits per heavy atom. The van der Waals surface area contributed by atoms with Gasteiger partial charge in [-0.3, -0.25) is 4.79 Å². The van der Waals surface area contributed by atoms with Crippen molar-refractivity contribution >= 4 is 28.4 Å². The minimum Gasteiger partial charge on any atom is -0.497 e. The highest BCUT2D eigenvalue weighted by Gasteiger charge is 2.25. The molecule has 9 nitrogen and oxygen atoms in total. The summed E-state index contributed by atoms with van der Waals surface area (Å²) >= 11 is 0. The fraction of sp³-hybridized carbons (Fsp3) is 0.120. The second-order valence-corrected chi connectivity index (χ2v) is 7.55. The molecule has 0 saturated carbocycles. The first kappa shape index (κ1) is 21.2. The quantitative estimate of drug-likeness (QED) is 0.324. The zero-order chi connectivity index (χ0) is 23.7. The zero-order valence-electron chi connectivity index (χ0n) is 18.0. The van der Waals surface area contributed by atoms with E-state index < -0.39 is 11.8 Å². The molecular weight excluding hydrogens is 440 g/mol. The Morgan fingerprint density at radius 3 is 2.41 bits per heavy atom. The number of Topliss-reactive ketones (excluding diaryl/α,β-unsaturated/α-hetero) is 1. The molecule has 0 fully saturated rings. The smallest absolute Gasteiger partial charge is 0.336 e. The van der Waals surface area contributed by atoms with Crippen LogP contribution >= 0.6 is 0 Å². The normalized spacial score (nSPS) is 13.0. The monoisotopic (exact) mass is 458 g/mol. The lowest BCUT2D eigenvalue weighted by Gasteiger charge is -2.14. The summed E-state index contributed by atoms with van der Waals surface area (Å²) in [5.41, 5.74) is 2.18. The fourth-order valence-corrected chi connectivity index (χ4v) is 3.82. The summed E-state index contributed by atoms with van der Waals surface area (Å²) < 4.78 is 20.7. The Balaban J connectivity index is 1.65. The topological polar surface area (TPSA) is 121 Å². The van der Waals surface area contributed by atoms with E-state index in [1.165, 1.54) is 13.2 Å². The van der Waals surface area contributed by atoms with Gasteiger partial charge in [-0.2, -0.15) is 0 Å². The van der Waals surface area contributed by atoms with Crippen molar-refractivity contribution in [1.82, 2.24) is 10.3 Å². The van der Waals surface area contributed by atoms with Gasteiger partial charge in [0.2, 0.25) is 6.79 Å². The summed E-state index contributed by atoms with van der Waals surface area (Å²) in [6.07, 6.45) is 0.0538. The molecule has 34 heavy (non-hydrogen) atoms. The molecule has 0 bridgehead atoms. The number of ketones is 1. The van der Waals surface area contributed by atoms with Gasteiger partial charge in [-0.1, -0.05) is 12.1 Å². The number of fused-ring (bicyclic) bond motifs is 2. The van der Waals surface area contributed by atoms with Crippen molar-refractivity contribution in [1.29, 1.82) is 0 Å². The summed E-state index contributed by atoms with van der Waals surface area (Å²) in [5.74, 6) is 0.0590. The number of carboxylic acid groups (broad SMARTS) is 1. The minimum atomic E-state index is -1.24. The van der Waals surface area contributed by atoms with Gasteiger partial charge in [0.25, 0.3) is 0 Å². The molecule has 0 radical (unpaired) electrons. The van der Waals surface area contributed by atoms with Gasteiger partial charge in [0.1, 0.15) is 16.8 Å². The number of nitrogens with zero attached hydrogens (tertiary/aromatic N) is 2. The lowest BCUT2D eigenvalue weighted by atomic mass is 9.89. The number of hydrogen-bond donors (Lipinski definition) is 1. The van der Waals surface area contributed by atoms with Crippen molar-refractivity contribution in [3.63, 3.8) is 0 Å².